The van der Waals surface area contributed by atoms with Gasteiger partial charge >= 0.3 is 0 Å². The Bertz CT molecular complexity index is 595. The predicted molar refractivity (Wildman–Crippen MR) is 85.3 cm³/mol. The molecule has 0 aromatic carbocycles. The summed E-state index contributed by atoms with van der Waals surface area (Å²) in [6.45, 7) is 4.00. The fraction of sp³-hybridized carbons (Fsp3) is 0.400. The van der Waals surface area contributed by atoms with E-state index in [1.165, 1.54) is 18.3 Å². The lowest BCUT2D eigenvalue weighted by molar-refractivity contribution is -0.123. The van der Waals surface area contributed by atoms with Crippen LogP contribution in [0.4, 0.5) is 0 Å². The van der Waals surface area contributed by atoms with E-state index >= 15 is 0 Å². The van der Waals surface area contributed by atoms with Gasteiger partial charge < -0.3 is 10.6 Å². The second-order valence-corrected chi connectivity index (χ2v) is 6.15. The first-order valence-electron chi connectivity index (χ1n) is 7.12. The first kappa shape index (κ1) is 16.2. The molecule has 0 aliphatic rings. The molecule has 2 aromatic heterocycles. The van der Waals surface area contributed by atoms with Crippen molar-refractivity contribution in [1.29, 1.82) is 0 Å². The van der Waals surface area contributed by atoms with E-state index in [4.69, 9.17) is 0 Å². The molecule has 0 saturated heterocycles. The van der Waals surface area contributed by atoms with Crippen molar-refractivity contribution in [2.24, 2.45) is 0 Å². The molecule has 2 N–H and O–H groups in total. The van der Waals surface area contributed by atoms with Crippen LogP contribution in [0.3, 0.4) is 0 Å². The van der Waals surface area contributed by atoms with Crippen LogP contribution in [0.5, 0.6) is 0 Å². The molecule has 2 rings (SSSR count). The highest BCUT2D eigenvalue weighted by atomic mass is 32.1. The first-order chi connectivity index (χ1) is 10.5. The Morgan fingerprint density at radius 1 is 1.36 bits per heavy atom. The van der Waals surface area contributed by atoms with Crippen LogP contribution in [-0.4, -0.2) is 27.6 Å². The zero-order valence-electron chi connectivity index (χ0n) is 12.7. The number of nitrogens with zero attached hydrogens (tertiary/aromatic N) is 2. The Hall–Kier alpha value is -2.15. The Morgan fingerprint density at radius 2 is 2.18 bits per heavy atom. The molecule has 0 aliphatic carbocycles. The van der Waals surface area contributed by atoms with E-state index in [9.17, 15) is 9.59 Å². The van der Waals surface area contributed by atoms with Gasteiger partial charge in [0.2, 0.25) is 11.8 Å². The Balaban J connectivity index is 1.89. The quantitative estimate of drug-likeness (QED) is 0.815. The van der Waals surface area contributed by atoms with Gasteiger partial charge in [0.25, 0.3) is 0 Å². The van der Waals surface area contributed by atoms with Crippen LogP contribution in [0.25, 0.3) is 0 Å². The van der Waals surface area contributed by atoms with Crippen molar-refractivity contribution in [3.05, 3.63) is 40.8 Å². The average Bonchev–Trinajstić information content (AvgIpc) is 3.09. The van der Waals surface area contributed by atoms with E-state index in [2.05, 4.69) is 15.7 Å². The summed E-state index contributed by atoms with van der Waals surface area (Å²) in [6.07, 6.45) is 3.79. The van der Waals surface area contributed by atoms with Crippen LogP contribution < -0.4 is 10.6 Å². The topological polar surface area (TPSA) is 76.0 Å². The largest absolute Gasteiger partial charge is 0.352 e. The summed E-state index contributed by atoms with van der Waals surface area (Å²) in [5.41, 5.74) is 0. The normalized spacial score (nSPS) is 13.4. The maximum Gasteiger partial charge on any atom is 0.222 e. The van der Waals surface area contributed by atoms with E-state index in [-0.39, 0.29) is 30.3 Å². The van der Waals surface area contributed by atoms with Crippen LogP contribution in [-0.2, 0) is 16.1 Å². The monoisotopic (exact) mass is 320 g/mol. The lowest BCUT2D eigenvalue weighted by Gasteiger charge is -2.19. The van der Waals surface area contributed by atoms with Gasteiger partial charge in [-0.25, -0.2) is 0 Å². The molecular formula is C15H20N4O2S. The fourth-order valence-corrected chi connectivity index (χ4v) is 2.99. The van der Waals surface area contributed by atoms with Crippen molar-refractivity contribution in [1.82, 2.24) is 20.4 Å². The van der Waals surface area contributed by atoms with Gasteiger partial charge in [-0.15, -0.1) is 11.3 Å². The van der Waals surface area contributed by atoms with Crippen LogP contribution in [0.1, 0.15) is 31.2 Å². The number of carbonyl (C=O) groups is 2. The molecule has 0 fully saturated rings. The van der Waals surface area contributed by atoms with Gasteiger partial charge in [-0.1, -0.05) is 6.07 Å². The number of hydrogen-bond acceptors (Lipinski definition) is 4. The summed E-state index contributed by atoms with van der Waals surface area (Å²) in [7, 11) is 0. The molecule has 2 heterocycles. The maximum atomic E-state index is 12.2. The number of rotatable bonds is 7. The van der Waals surface area contributed by atoms with Crippen molar-refractivity contribution in [2.75, 3.05) is 0 Å². The number of amides is 2. The Morgan fingerprint density at radius 3 is 2.77 bits per heavy atom. The minimum Gasteiger partial charge on any atom is -0.352 e. The minimum absolute atomic E-state index is 0.0336. The molecule has 0 spiro atoms. The van der Waals surface area contributed by atoms with Crippen molar-refractivity contribution >= 4 is 23.2 Å². The zero-order chi connectivity index (χ0) is 15.9. The van der Waals surface area contributed by atoms with E-state index in [0.717, 1.165) is 4.88 Å². The van der Waals surface area contributed by atoms with Gasteiger partial charge in [-0.05, 0) is 24.4 Å². The molecule has 0 unspecified atom stereocenters. The molecular weight excluding hydrogens is 300 g/mol. The van der Waals surface area contributed by atoms with Gasteiger partial charge in [0.1, 0.15) is 0 Å². The molecule has 0 aliphatic heterocycles. The molecule has 0 bridgehead atoms. The number of nitrogens with one attached hydrogen (secondary N) is 2. The molecule has 0 radical (unpaired) electrons. The smallest absolute Gasteiger partial charge is 0.222 e. The van der Waals surface area contributed by atoms with Crippen LogP contribution in [0, 0.1) is 0 Å². The van der Waals surface area contributed by atoms with E-state index < -0.39 is 0 Å². The van der Waals surface area contributed by atoms with Gasteiger partial charge in [0.15, 0.2) is 0 Å². The van der Waals surface area contributed by atoms with E-state index in [1.54, 1.807) is 10.9 Å². The Labute approximate surface area is 133 Å². The molecule has 2 aromatic rings. The molecule has 2 atom stereocenters. The van der Waals surface area contributed by atoms with E-state index in [1.807, 2.05) is 36.7 Å². The lowest BCUT2D eigenvalue weighted by atomic mass is 10.1. The second kappa shape index (κ2) is 7.74. The van der Waals surface area contributed by atoms with E-state index in [0.29, 0.717) is 6.54 Å². The van der Waals surface area contributed by atoms with Crippen LogP contribution in [0.15, 0.2) is 36.0 Å². The first-order valence-corrected chi connectivity index (χ1v) is 8.00. The third-order valence-electron chi connectivity index (χ3n) is 3.08. The standard InChI is InChI=1S/C15H20N4O2S/c1-11(10-19-7-4-6-16-19)17-15(21)9-13(18-12(2)20)14-5-3-8-22-14/h3-8,11,13H,9-10H2,1-2H3,(H,17,21)(H,18,20)/t11-,13-/m0/s1. The number of hydrogen-bond donors (Lipinski definition) is 2. The molecule has 2 amide bonds. The average molecular weight is 320 g/mol. The highest BCUT2D eigenvalue weighted by molar-refractivity contribution is 7.10. The maximum absolute atomic E-state index is 12.2. The van der Waals surface area contributed by atoms with Crippen LogP contribution in [0.2, 0.25) is 0 Å². The van der Waals surface area contributed by atoms with Gasteiger partial charge in [0.05, 0.1) is 19.0 Å². The zero-order valence-corrected chi connectivity index (χ0v) is 13.5. The van der Waals surface area contributed by atoms with Crippen molar-refractivity contribution in [2.45, 2.75) is 38.9 Å². The molecule has 7 heteroatoms. The fourth-order valence-electron chi connectivity index (χ4n) is 2.21. The molecule has 0 saturated carbocycles. The highest BCUT2D eigenvalue weighted by Crippen LogP contribution is 2.22. The van der Waals surface area contributed by atoms with Gasteiger partial charge in [0, 0.05) is 30.2 Å². The molecule has 118 valence electrons. The third kappa shape index (κ3) is 5.00. The number of thiophene rings is 1. The molecule has 22 heavy (non-hydrogen) atoms. The number of aromatic nitrogens is 2. The molecule has 6 nitrogen and oxygen atoms in total. The summed E-state index contributed by atoms with van der Waals surface area (Å²) in [6, 6.07) is 5.36. The summed E-state index contributed by atoms with van der Waals surface area (Å²) in [5.74, 6) is -0.234. The predicted octanol–water partition coefficient (Wildman–Crippen LogP) is 1.72. The van der Waals surface area contributed by atoms with Crippen molar-refractivity contribution < 1.29 is 9.59 Å². The summed E-state index contributed by atoms with van der Waals surface area (Å²) in [5, 5.41) is 11.8. The van der Waals surface area contributed by atoms with Crippen LogP contribution >= 0.6 is 11.3 Å². The lowest BCUT2D eigenvalue weighted by Crippen LogP contribution is -2.38. The van der Waals surface area contributed by atoms with Gasteiger partial charge in [-0.3, -0.25) is 14.3 Å². The summed E-state index contributed by atoms with van der Waals surface area (Å²) in [4.78, 5) is 24.5. The van der Waals surface area contributed by atoms with Crippen molar-refractivity contribution in [3.63, 3.8) is 0 Å². The second-order valence-electron chi connectivity index (χ2n) is 5.17. The SMILES string of the molecule is CC(=O)N[C@@H](CC(=O)N[C@@H](C)Cn1cccn1)c1cccs1. The Kier molecular flexibility index (Phi) is 5.71. The van der Waals surface area contributed by atoms with Crippen molar-refractivity contribution in [3.8, 4) is 0 Å². The number of carbonyl (C=O) groups excluding carboxylic acids is 2. The third-order valence-corrected chi connectivity index (χ3v) is 4.07. The highest BCUT2D eigenvalue weighted by Gasteiger charge is 2.19. The summed E-state index contributed by atoms with van der Waals surface area (Å²) >= 11 is 1.53. The summed E-state index contributed by atoms with van der Waals surface area (Å²) < 4.78 is 1.77. The minimum atomic E-state index is -0.283. The van der Waals surface area contributed by atoms with Gasteiger partial charge in [-0.2, -0.15) is 5.10 Å².